The van der Waals surface area contributed by atoms with Crippen LogP contribution in [0.1, 0.15) is 11.3 Å². The Morgan fingerprint density at radius 1 is 1.38 bits per heavy atom. The largest absolute Gasteiger partial charge is 0.404 e. The van der Waals surface area contributed by atoms with Gasteiger partial charge in [-0.1, -0.05) is 18.2 Å². The summed E-state index contributed by atoms with van der Waals surface area (Å²) < 4.78 is 1.94. The number of aryl methyl sites for hydroxylation is 1. The minimum absolute atomic E-state index is 0.176. The molecule has 2 heterocycles. The van der Waals surface area contributed by atoms with Crippen molar-refractivity contribution in [3.8, 4) is 0 Å². The molecule has 3 rings (SSSR count). The number of nitro groups is 1. The second-order valence-corrected chi connectivity index (χ2v) is 5.55. The Labute approximate surface area is 128 Å². The Morgan fingerprint density at radius 2 is 2.14 bits per heavy atom. The lowest BCUT2D eigenvalue weighted by molar-refractivity contribution is -0.390. The van der Waals surface area contributed by atoms with E-state index in [0.29, 0.717) is 11.0 Å². The van der Waals surface area contributed by atoms with Crippen molar-refractivity contribution in [3.05, 3.63) is 62.4 Å². The molecule has 0 amide bonds. The second-order valence-electron chi connectivity index (χ2n) is 4.70. The van der Waals surface area contributed by atoms with E-state index in [2.05, 4.69) is 26.0 Å². The Kier molecular flexibility index (Phi) is 3.42. The number of halogens is 1. The molecular formula is C14H11BrN4O2. The first kappa shape index (κ1) is 13.7. The fourth-order valence-electron chi connectivity index (χ4n) is 2.29. The number of nitrogens with zero attached hydrogens (tertiary/aromatic N) is 4. The number of rotatable bonds is 3. The van der Waals surface area contributed by atoms with E-state index < -0.39 is 4.92 Å². The quantitative estimate of drug-likeness (QED) is 0.537. The van der Waals surface area contributed by atoms with E-state index in [4.69, 9.17) is 0 Å². The first-order valence-corrected chi connectivity index (χ1v) is 7.06. The van der Waals surface area contributed by atoms with Crippen LogP contribution in [0, 0.1) is 17.0 Å². The summed E-state index contributed by atoms with van der Waals surface area (Å²) in [4.78, 5) is 14.8. The number of aromatic nitrogens is 3. The van der Waals surface area contributed by atoms with E-state index in [1.165, 1.54) is 0 Å². The first-order chi connectivity index (χ1) is 10.0. The molecule has 0 fully saturated rings. The zero-order chi connectivity index (χ0) is 15.0. The standard InChI is InChI=1S/C14H11BrN4O2/c1-9-6-10(11-4-2-3-5-13(11)16-9)7-18-8-12(15)14(17-18)19(20)21/h2-6,8H,7H2,1H3. The molecule has 7 heteroatoms. The van der Waals surface area contributed by atoms with Gasteiger partial charge in [-0.3, -0.25) is 4.98 Å². The van der Waals surface area contributed by atoms with E-state index in [-0.39, 0.29) is 5.82 Å². The number of para-hydroxylation sites is 1. The predicted octanol–water partition coefficient (Wildman–Crippen LogP) is 3.46. The predicted molar refractivity (Wildman–Crippen MR) is 82.2 cm³/mol. The van der Waals surface area contributed by atoms with Crippen molar-refractivity contribution in [3.63, 3.8) is 0 Å². The first-order valence-electron chi connectivity index (χ1n) is 6.27. The Morgan fingerprint density at radius 3 is 2.86 bits per heavy atom. The maximum absolute atomic E-state index is 10.8. The lowest BCUT2D eigenvalue weighted by Gasteiger charge is -2.06. The van der Waals surface area contributed by atoms with Gasteiger partial charge in [0.1, 0.15) is 4.47 Å². The molecule has 106 valence electrons. The molecule has 2 aromatic heterocycles. The monoisotopic (exact) mass is 346 g/mol. The van der Waals surface area contributed by atoms with Gasteiger partial charge in [-0.05, 0) is 45.5 Å². The van der Waals surface area contributed by atoms with Crippen LogP contribution in [0.4, 0.5) is 5.82 Å². The third kappa shape index (κ3) is 2.64. The Hall–Kier alpha value is -2.28. The van der Waals surface area contributed by atoms with Crippen molar-refractivity contribution < 1.29 is 4.92 Å². The van der Waals surface area contributed by atoms with Crippen LogP contribution in [0.5, 0.6) is 0 Å². The van der Waals surface area contributed by atoms with Crippen molar-refractivity contribution in [2.24, 2.45) is 0 Å². The summed E-state index contributed by atoms with van der Waals surface area (Å²) >= 11 is 3.16. The van der Waals surface area contributed by atoms with Gasteiger partial charge in [0.25, 0.3) is 0 Å². The summed E-state index contributed by atoms with van der Waals surface area (Å²) in [6.45, 7) is 2.38. The van der Waals surface area contributed by atoms with Crippen LogP contribution in [0.2, 0.25) is 0 Å². The molecule has 0 atom stereocenters. The number of benzene rings is 1. The summed E-state index contributed by atoms with van der Waals surface area (Å²) in [6, 6.07) is 9.80. The van der Waals surface area contributed by atoms with Crippen LogP contribution in [-0.4, -0.2) is 19.7 Å². The smallest absolute Gasteiger partial charge is 0.358 e. The van der Waals surface area contributed by atoms with Gasteiger partial charge in [-0.25, -0.2) is 0 Å². The zero-order valence-corrected chi connectivity index (χ0v) is 12.7. The van der Waals surface area contributed by atoms with Crippen LogP contribution in [-0.2, 0) is 6.54 Å². The molecule has 0 radical (unpaired) electrons. The van der Waals surface area contributed by atoms with Crippen LogP contribution in [0.3, 0.4) is 0 Å². The Balaban J connectivity index is 2.05. The highest BCUT2D eigenvalue weighted by Crippen LogP contribution is 2.24. The molecule has 0 N–H and O–H groups in total. The third-order valence-electron chi connectivity index (χ3n) is 3.13. The van der Waals surface area contributed by atoms with E-state index in [9.17, 15) is 10.1 Å². The van der Waals surface area contributed by atoms with Crippen molar-refractivity contribution in [1.29, 1.82) is 0 Å². The summed E-state index contributed by atoms with van der Waals surface area (Å²) in [5.41, 5.74) is 2.85. The summed E-state index contributed by atoms with van der Waals surface area (Å²) in [5, 5.41) is 15.9. The van der Waals surface area contributed by atoms with Gasteiger partial charge in [0.05, 0.1) is 23.4 Å². The molecule has 21 heavy (non-hydrogen) atoms. The van der Waals surface area contributed by atoms with Gasteiger partial charge in [0.15, 0.2) is 0 Å². The highest BCUT2D eigenvalue weighted by atomic mass is 79.9. The zero-order valence-electron chi connectivity index (χ0n) is 11.2. The van der Waals surface area contributed by atoms with Gasteiger partial charge < -0.3 is 10.1 Å². The molecule has 0 aliphatic heterocycles. The molecule has 0 saturated carbocycles. The van der Waals surface area contributed by atoms with Crippen molar-refractivity contribution in [1.82, 2.24) is 14.8 Å². The van der Waals surface area contributed by atoms with Crippen molar-refractivity contribution in [2.45, 2.75) is 13.5 Å². The Bertz CT molecular complexity index is 844. The van der Waals surface area contributed by atoms with Crippen molar-refractivity contribution in [2.75, 3.05) is 0 Å². The lowest BCUT2D eigenvalue weighted by atomic mass is 10.1. The molecular weight excluding hydrogens is 336 g/mol. The van der Waals surface area contributed by atoms with Crippen LogP contribution in [0.25, 0.3) is 10.9 Å². The topological polar surface area (TPSA) is 73.8 Å². The molecule has 0 unspecified atom stereocenters. The van der Waals surface area contributed by atoms with Gasteiger partial charge >= 0.3 is 5.82 Å². The number of pyridine rings is 1. The fraction of sp³-hybridized carbons (Fsp3) is 0.143. The number of fused-ring (bicyclic) bond motifs is 1. The SMILES string of the molecule is Cc1cc(Cn2cc(Br)c([N+](=O)[O-])n2)c2ccccc2n1. The summed E-state index contributed by atoms with van der Waals surface area (Å²) in [6.07, 6.45) is 1.61. The molecule has 0 aliphatic rings. The van der Waals surface area contributed by atoms with Gasteiger partial charge in [0.2, 0.25) is 0 Å². The van der Waals surface area contributed by atoms with E-state index >= 15 is 0 Å². The minimum Gasteiger partial charge on any atom is -0.358 e. The summed E-state index contributed by atoms with van der Waals surface area (Å²) in [5.74, 6) is -0.176. The molecule has 0 aliphatic carbocycles. The van der Waals surface area contributed by atoms with E-state index in [1.807, 2.05) is 37.3 Å². The van der Waals surface area contributed by atoms with Crippen LogP contribution >= 0.6 is 15.9 Å². The molecule has 3 aromatic rings. The lowest BCUT2D eigenvalue weighted by Crippen LogP contribution is -2.03. The average molecular weight is 347 g/mol. The maximum atomic E-state index is 10.8. The average Bonchev–Trinajstić information content (AvgIpc) is 2.79. The van der Waals surface area contributed by atoms with Gasteiger partial charge in [-0.15, -0.1) is 0 Å². The van der Waals surface area contributed by atoms with E-state index in [0.717, 1.165) is 22.2 Å². The number of hydrogen-bond acceptors (Lipinski definition) is 4. The third-order valence-corrected chi connectivity index (χ3v) is 3.69. The van der Waals surface area contributed by atoms with Crippen LogP contribution < -0.4 is 0 Å². The molecule has 1 aromatic carbocycles. The molecule has 0 bridgehead atoms. The fourth-order valence-corrected chi connectivity index (χ4v) is 2.75. The minimum atomic E-state index is -0.503. The maximum Gasteiger partial charge on any atom is 0.404 e. The van der Waals surface area contributed by atoms with E-state index in [1.54, 1.807) is 10.9 Å². The molecule has 0 spiro atoms. The highest BCUT2D eigenvalue weighted by molar-refractivity contribution is 9.10. The highest BCUT2D eigenvalue weighted by Gasteiger charge is 2.19. The normalized spacial score (nSPS) is 11.0. The van der Waals surface area contributed by atoms with Crippen LogP contribution in [0.15, 0.2) is 41.0 Å². The molecule has 6 nitrogen and oxygen atoms in total. The summed E-state index contributed by atoms with van der Waals surface area (Å²) in [7, 11) is 0. The van der Waals surface area contributed by atoms with Gasteiger partial charge in [0, 0.05) is 11.1 Å². The van der Waals surface area contributed by atoms with Crippen molar-refractivity contribution >= 4 is 32.7 Å². The van der Waals surface area contributed by atoms with Gasteiger partial charge in [-0.2, -0.15) is 4.68 Å². The second kappa shape index (κ2) is 5.25. The molecule has 0 saturated heterocycles. The number of hydrogen-bond donors (Lipinski definition) is 0.